The second kappa shape index (κ2) is 5.58. The molecule has 0 aromatic carbocycles. The Hall–Kier alpha value is -0.120. The summed E-state index contributed by atoms with van der Waals surface area (Å²) < 4.78 is 0. The van der Waals surface area contributed by atoms with Crippen LogP contribution in [0.2, 0.25) is 0 Å². The number of rotatable bonds is 4. The zero-order valence-electron chi connectivity index (χ0n) is 8.58. The van der Waals surface area contributed by atoms with Crippen molar-refractivity contribution in [3.8, 4) is 0 Å². The van der Waals surface area contributed by atoms with Gasteiger partial charge in [-0.25, -0.2) is 0 Å². The van der Waals surface area contributed by atoms with E-state index in [2.05, 4.69) is 4.90 Å². The number of nitrogens with zero attached hydrogens (tertiary/aromatic N) is 1. The first-order valence-corrected chi connectivity index (χ1v) is 5.33. The number of hydrogen-bond acceptors (Lipinski definition) is 3. The lowest BCUT2D eigenvalue weighted by Crippen LogP contribution is -2.37. The summed E-state index contributed by atoms with van der Waals surface area (Å²) in [5, 5.41) is 9.13. The molecule has 3 nitrogen and oxygen atoms in total. The van der Waals surface area contributed by atoms with E-state index < -0.39 is 0 Å². The van der Waals surface area contributed by atoms with E-state index in [0.29, 0.717) is 0 Å². The van der Waals surface area contributed by atoms with Crippen LogP contribution in [0.4, 0.5) is 0 Å². The van der Waals surface area contributed by atoms with Crippen molar-refractivity contribution in [3.63, 3.8) is 0 Å². The lowest BCUT2D eigenvalue weighted by Gasteiger charge is -2.31. The molecular formula is C10H22N2O. The predicted molar refractivity (Wildman–Crippen MR) is 54.5 cm³/mol. The molecule has 1 unspecified atom stereocenters. The molecular weight excluding hydrogens is 164 g/mol. The number of hydrogen-bond donors (Lipinski definition) is 2. The van der Waals surface area contributed by atoms with Crippen molar-refractivity contribution in [2.75, 3.05) is 26.2 Å². The monoisotopic (exact) mass is 186 g/mol. The van der Waals surface area contributed by atoms with Crippen molar-refractivity contribution in [2.24, 2.45) is 11.7 Å². The summed E-state index contributed by atoms with van der Waals surface area (Å²) in [7, 11) is 0. The first-order chi connectivity index (χ1) is 6.22. The van der Waals surface area contributed by atoms with Crippen molar-refractivity contribution in [3.05, 3.63) is 0 Å². The quantitative estimate of drug-likeness (QED) is 0.669. The Morgan fingerprint density at radius 3 is 2.54 bits per heavy atom. The van der Waals surface area contributed by atoms with Crippen molar-refractivity contribution in [1.82, 2.24) is 4.90 Å². The molecule has 3 heteroatoms. The molecule has 1 saturated heterocycles. The van der Waals surface area contributed by atoms with Gasteiger partial charge in [0.05, 0.1) is 6.10 Å². The maximum atomic E-state index is 9.13. The van der Waals surface area contributed by atoms with Crippen LogP contribution in [0.25, 0.3) is 0 Å². The second-order valence-corrected chi connectivity index (χ2v) is 4.16. The highest BCUT2D eigenvalue weighted by molar-refractivity contribution is 4.72. The van der Waals surface area contributed by atoms with Gasteiger partial charge in [0.25, 0.3) is 0 Å². The first-order valence-electron chi connectivity index (χ1n) is 5.33. The standard InChI is InChI=1S/C10H22N2O/c1-9(13)2-5-12-6-3-10(8-11)4-7-12/h9-10,13H,2-8,11H2,1H3. The van der Waals surface area contributed by atoms with Crippen LogP contribution in [0.15, 0.2) is 0 Å². The van der Waals surface area contributed by atoms with E-state index in [4.69, 9.17) is 10.8 Å². The molecule has 1 heterocycles. The molecule has 0 aromatic rings. The molecule has 0 bridgehead atoms. The maximum Gasteiger partial charge on any atom is 0.0524 e. The normalized spacial score (nSPS) is 23.3. The number of nitrogens with two attached hydrogens (primary N) is 1. The summed E-state index contributed by atoms with van der Waals surface area (Å²) in [6.07, 6.45) is 3.20. The molecule has 0 radical (unpaired) electrons. The number of piperidine rings is 1. The Kier molecular flexibility index (Phi) is 4.70. The number of aliphatic hydroxyl groups excluding tert-OH is 1. The molecule has 0 saturated carbocycles. The van der Waals surface area contributed by atoms with Crippen LogP contribution in [0.1, 0.15) is 26.2 Å². The van der Waals surface area contributed by atoms with Gasteiger partial charge in [-0.15, -0.1) is 0 Å². The third-order valence-electron chi connectivity index (χ3n) is 2.90. The van der Waals surface area contributed by atoms with Crippen LogP contribution >= 0.6 is 0 Å². The largest absolute Gasteiger partial charge is 0.393 e. The highest BCUT2D eigenvalue weighted by Gasteiger charge is 2.17. The zero-order valence-corrected chi connectivity index (χ0v) is 8.58. The highest BCUT2D eigenvalue weighted by Crippen LogP contribution is 2.15. The van der Waals surface area contributed by atoms with E-state index in [0.717, 1.165) is 38.5 Å². The summed E-state index contributed by atoms with van der Waals surface area (Å²) in [5.41, 5.74) is 5.61. The lowest BCUT2D eigenvalue weighted by molar-refractivity contribution is 0.134. The minimum absolute atomic E-state index is 0.160. The van der Waals surface area contributed by atoms with Crippen molar-refractivity contribution in [1.29, 1.82) is 0 Å². The highest BCUT2D eigenvalue weighted by atomic mass is 16.3. The molecule has 1 fully saturated rings. The molecule has 0 spiro atoms. The zero-order chi connectivity index (χ0) is 9.68. The minimum atomic E-state index is -0.160. The van der Waals surface area contributed by atoms with Gasteiger partial charge in [-0.05, 0) is 51.7 Å². The van der Waals surface area contributed by atoms with E-state index in [1.807, 2.05) is 6.92 Å². The summed E-state index contributed by atoms with van der Waals surface area (Å²) in [6.45, 7) is 6.05. The smallest absolute Gasteiger partial charge is 0.0524 e. The van der Waals surface area contributed by atoms with Crippen LogP contribution in [0, 0.1) is 5.92 Å². The third-order valence-corrected chi connectivity index (χ3v) is 2.90. The van der Waals surface area contributed by atoms with E-state index in [-0.39, 0.29) is 6.10 Å². The molecule has 13 heavy (non-hydrogen) atoms. The molecule has 78 valence electrons. The van der Waals surface area contributed by atoms with E-state index in [1.165, 1.54) is 12.8 Å². The van der Waals surface area contributed by atoms with E-state index >= 15 is 0 Å². The van der Waals surface area contributed by atoms with Gasteiger partial charge < -0.3 is 15.7 Å². The van der Waals surface area contributed by atoms with E-state index in [1.54, 1.807) is 0 Å². The molecule has 1 aliphatic rings. The molecule has 0 aromatic heterocycles. The predicted octanol–water partition coefficient (Wildman–Crippen LogP) is 0.428. The maximum absolute atomic E-state index is 9.13. The van der Waals surface area contributed by atoms with Crippen LogP contribution < -0.4 is 5.73 Å². The summed E-state index contributed by atoms with van der Waals surface area (Å²) in [5.74, 6) is 0.739. The van der Waals surface area contributed by atoms with Crippen molar-refractivity contribution < 1.29 is 5.11 Å². The Morgan fingerprint density at radius 1 is 1.46 bits per heavy atom. The minimum Gasteiger partial charge on any atom is -0.393 e. The Labute approximate surface area is 80.9 Å². The second-order valence-electron chi connectivity index (χ2n) is 4.16. The number of likely N-dealkylation sites (tertiary alicyclic amines) is 1. The van der Waals surface area contributed by atoms with Gasteiger partial charge in [0.2, 0.25) is 0 Å². The Bertz CT molecular complexity index is 131. The van der Waals surface area contributed by atoms with Crippen LogP contribution in [0.5, 0.6) is 0 Å². The van der Waals surface area contributed by atoms with Gasteiger partial charge >= 0.3 is 0 Å². The van der Waals surface area contributed by atoms with Crippen molar-refractivity contribution >= 4 is 0 Å². The van der Waals surface area contributed by atoms with Gasteiger partial charge in [-0.1, -0.05) is 0 Å². The van der Waals surface area contributed by atoms with Gasteiger partial charge in [-0.2, -0.15) is 0 Å². The molecule has 1 rings (SSSR count). The topological polar surface area (TPSA) is 49.5 Å². The van der Waals surface area contributed by atoms with Gasteiger partial charge in [-0.3, -0.25) is 0 Å². The van der Waals surface area contributed by atoms with Gasteiger partial charge in [0, 0.05) is 6.54 Å². The average Bonchev–Trinajstić information content (AvgIpc) is 2.15. The molecule has 0 aliphatic carbocycles. The molecule has 0 amide bonds. The Morgan fingerprint density at radius 2 is 2.08 bits per heavy atom. The van der Waals surface area contributed by atoms with Gasteiger partial charge in [0.1, 0.15) is 0 Å². The fourth-order valence-corrected chi connectivity index (χ4v) is 1.82. The fourth-order valence-electron chi connectivity index (χ4n) is 1.82. The lowest BCUT2D eigenvalue weighted by atomic mass is 9.97. The van der Waals surface area contributed by atoms with Gasteiger partial charge in [0.15, 0.2) is 0 Å². The van der Waals surface area contributed by atoms with E-state index in [9.17, 15) is 0 Å². The van der Waals surface area contributed by atoms with Crippen molar-refractivity contribution in [2.45, 2.75) is 32.3 Å². The molecule has 1 atom stereocenters. The fraction of sp³-hybridized carbons (Fsp3) is 1.00. The number of aliphatic hydroxyl groups is 1. The Balaban J connectivity index is 2.10. The summed E-state index contributed by atoms with van der Waals surface area (Å²) in [6, 6.07) is 0. The first kappa shape index (κ1) is 11.0. The summed E-state index contributed by atoms with van der Waals surface area (Å²) in [4.78, 5) is 2.43. The molecule has 3 N–H and O–H groups in total. The SMILES string of the molecule is CC(O)CCN1CCC(CN)CC1. The van der Waals surface area contributed by atoms with Crippen LogP contribution in [0.3, 0.4) is 0 Å². The average molecular weight is 186 g/mol. The summed E-state index contributed by atoms with van der Waals surface area (Å²) >= 11 is 0. The van der Waals surface area contributed by atoms with Crippen LogP contribution in [-0.2, 0) is 0 Å². The van der Waals surface area contributed by atoms with Crippen LogP contribution in [-0.4, -0.2) is 42.3 Å². The molecule has 1 aliphatic heterocycles. The third kappa shape index (κ3) is 4.07.